The summed E-state index contributed by atoms with van der Waals surface area (Å²) in [6.45, 7) is 18.5. The van der Waals surface area contributed by atoms with Crippen LogP contribution in [0.15, 0.2) is 110 Å². The van der Waals surface area contributed by atoms with Crippen LogP contribution in [0, 0.1) is 13.8 Å². The summed E-state index contributed by atoms with van der Waals surface area (Å²) < 4.78 is 6.47. The van der Waals surface area contributed by atoms with Crippen LogP contribution in [0.4, 0.5) is 0 Å². The lowest BCUT2D eigenvalue weighted by molar-refractivity contribution is 0.363. The van der Waals surface area contributed by atoms with Gasteiger partial charge in [-0.3, -0.25) is 0 Å². The van der Waals surface area contributed by atoms with E-state index in [1.165, 1.54) is 97.6 Å². The molecule has 0 saturated carbocycles. The Morgan fingerprint density at radius 1 is 0.646 bits per heavy atom. The monoisotopic (exact) mass is 648 g/mol. The minimum Gasteiger partial charge on any atom is -0.489 e. The highest BCUT2D eigenvalue weighted by Gasteiger charge is 2.44. The molecular formula is C46H52OSi. The van der Waals surface area contributed by atoms with E-state index < -0.39 is 8.07 Å². The molecule has 48 heavy (non-hydrogen) atoms. The van der Waals surface area contributed by atoms with Crippen molar-refractivity contribution < 1.29 is 4.74 Å². The highest BCUT2D eigenvalue weighted by atomic mass is 28.3. The van der Waals surface area contributed by atoms with Gasteiger partial charge >= 0.3 is 0 Å². The van der Waals surface area contributed by atoms with Crippen LogP contribution in [-0.4, -0.2) is 14.7 Å². The Morgan fingerprint density at radius 2 is 1.12 bits per heavy atom. The molecule has 0 radical (unpaired) electrons. The van der Waals surface area contributed by atoms with Gasteiger partial charge in [0, 0.05) is 5.54 Å². The second-order valence-electron chi connectivity index (χ2n) is 14.4. The van der Waals surface area contributed by atoms with Crippen molar-refractivity contribution >= 4 is 13.3 Å². The van der Waals surface area contributed by atoms with E-state index >= 15 is 0 Å². The third-order valence-corrected chi connectivity index (χ3v) is 14.2. The van der Waals surface area contributed by atoms with Crippen molar-refractivity contribution in [3.63, 3.8) is 0 Å². The van der Waals surface area contributed by atoms with Crippen molar-refractivity contribution in [2.24, 2.45) is 0 Å². The zero-order chi connectivity index (χ0) is 33.8. The third kappa shape index (κ3) is 6.73. The normalized spacial score (nSPS) is 12.5. The molecule has 5 aromatic rings. The average Bonchev–Trinajstić information content (AvgIpc) is 3.43. The van der Waals surface area contributed by atoms with Crippen LogP contribution in [0.25, 0.3) is 33.4 Å². The average molecular weight is 649 g/mol. The fourth-order valence-corrected chi connectivity index (χ4v) is 11.6. The minimum atomic E-state index is -2.26. The summed E-state index contributed by atoms with van der Waals surface area (Å²) in [5.74, 6) is 1.05. The smallest absolute Gasteiger partial charge is 0.121 e. The van der Waals surface area contributed by atoms with Crippen molar-refractivity contribution in [2.45, 2.75) is 84.9 Å². The topological polar surface area (TPSA) is 9.23 Å². The van der Waals surface area contributed by atoms with E-state index in [1.807, 2.05) is 6.08 Å². The van der Waals surface area contributed by atoms with Crippen LogP contribution < -0.4 is 9.92 Å². The van der Waals surface area contributed by atoms with Crippen LogP contribution in [0.5, 0.6) is 5.75 Å². The highest BCUT2D eigenvalue weighted by Crippen LogP contribution is 2.51. The second-order valence-corrected chi connectivity index (χ2v) is 19.0. The molecule has 0 heterocycles. The maximum atomic E-state index is 6.47. The Morgan fingerprint density at radius 3 is 1.58 bits per heavy atom. The number of unbranched alkanes of at least 4 members (excludes halogenated alkanes) is 2. The van der Waals surface area contributed by atoms with E-state index in [0.29, 0.717) is 6.61 Å². The van der Waals surface area contributed by atoms with E-state index in [1.54, 1.807) is 0 Å². The summed E-state index contributed by atoms with van der Waals surface area (Å²) in [6, 6.07) is 37.7. The van der Waals surface area contributed by atoms with Gasteiger partial charge in [-0.15, -0.1) is 0 Å². The number of fused-ring (bicyclic) bond motifs is 3. The number of hydrogen-bond acceptors (Lipinski definition) is 1. The molecule has 1 nitrogen and oxygen atoms in total. The second kappa shape index (κ2) is 14.5. The van der Waals surface area contributed by atoms with Crippen LogP contribution in [-0.2, 0) is 12.8 Å². The van der Waals surface area contributed by atoms with Crippen molar-refractivity contribution in [1.29, 1.82) is 0 Å². The third-order valence-electron chi connectivity index (χ3n) is 10.4. The number of hydrogen-bond donors (Lipinski definition) is 0. The fourth-order valence-electron chi connectivity index (χ4n) is 7.81. The molecule has 2 heteroatoms. The molecule has 5 aromatic carbocycles. The number of aryl methyl sites for hydroxylation is 4. The number of rotatable bonds is 13. The van der Waals surface area contributed by atoms with Crippen molar-refractivity contribution in [1.82, 2.24) is 0 Å². The summed E-state index contributed by atoms with van der Waals surface area (Å²) in [5.41, 5.74) is 16.5. The standard InChI is InChI=1S/C46H52OSi/c1-8-11-13-34-15-19-36(20-16-34)38-23-25-40-41-26-24-39(37-21-17-35(18-22-37)14-12-9-2)31-43(41)46(42(40)30-38)48(6,7)44-29-32(4)28-33(5)45(44)47-27-10-3/h10,15-26,28-31,46H,3,8-9,11-14,27H2,1-2,4-7H3. The van der Waals surface area contributed by atoms with Gasteiger partial charge < -0.3 is 4.74 Å². The summed E-state index contributed by atoms with van der Waals surface area (Å²) in [6.07, 6.45) is 9.07. The molecule has 1 aliphatic carbocycles. The van der Waals surface area contributed by atoms with Gasteiger partial charge in [-0.05, 0) is 106 Å². The minimum absolute atomic E-state index is 0.280. The first kappa shape index (κ1) is 33.7. The van der Waals surface area contributed by atoms with Gasteiger partial charge in [0.15, 0.2) is 0 Å². The van der Waals surface area contributed by atoms with Crippen LogP contribution in [0.1, 0.15) is 78.5 Å². The Hall–Kier alpha value is -4.14. The molecule has 0 bridgehead atoms. The zero-order valence-electron chi connectivity index (χ0n) is 30.0. The zero-order valence-corrected chi connectivity index (χ0v) is 31.0. The molecule has 0 saturated heterocycles. The molecule has 1 aliphatic rings. The molecule has 0 atom stereocenters. The molecule has 0 aliphatic heterocycles. The SMILES string of the molecule is C=CCOc1c(C)cc(C)cc1[Si](C)(C)C1c2cc(-c3ccc(CCCC)cc3)ccc2-c2ccc(-c3ccc(CCCC)cc3)cc21. The molecule has 0 unspecified atom stereocenters. The predicted molar refractivity (Wildman–Crippen MR) is 211 cm³/mol. The summed E-state index contributed by atoms with van der Waals surface area (Å²) >= 11 is 0. The van der Waals surface area contributed by atoms with E-state index in [-0.39, 0.29) is 5.54 Å². The maximum absolute atomic E-state index is 6.47. The molecule has 6 rings (SSSR count). The van der Waals surface area contributed by atoms with Crippen LogP contribution in [0.3, 0.4) is 0 Å². The van der Waals surface area contributed by atoms with E-state index in [2.05, 4.69) is 144 Å². The molecule has 246 valence electrons. The first-order valence-electron chi connectivity index (χ1n) is 18.1. The van der Waals surface area contributed by atoms with Gasteiger partial charge in [0.25, 0.3) is 0 Å². The van der Waals surface area contributed by atoms with E-state index in [0.717, 1.165) is 18.6 Å². The molecule has 0 spiro atoms. The molecule has 0 N–H and O–H groups in total. The van der Waals surface area contributed by atoms with Crippen molar-refractivity contribution in [3.8, 4) is 39.1 Å². The Balaban J connectivity index is 1.49. The van der Waals surface area contributed by atoms with Gasteiger partial charge in [0.1, 0.15) is 12.4 Å². The lowest BCUT2D eigenvalue weighted by atomic mass is 9.97. The van der Waals surface area contributed by atoms with Gasteiger partial charge in [-0.25, -0.2) is 0 Å². The Kier molecular flexibility index (Phi) is 10.2. The molecule has 0 aromatic heterocycles. The van der Waals surface area contributed by atoms with Crippen LogP contribution >= 0.6 is 0 Å². The van der Waals surface area contributed by atoms with Gasteiger partial charge in [-0.1, -0.05) is 155 Å². The lowest BCUT2D eigenvalue weighted by Crippen LogP contribution is -2.48. The highest BCUT2D eigenvalue weighted by molar-refractivity contribution is 6.92. The maximum Gasteiger partial charge on any atom is 0.121 e. The van der Waals surface area contributed by atoms with Crippen molar-refractivity contribution in [2.75, 3.05) is 6.61 Å². The molecular weight excluding hydrogens is 597 g/mol. The Bertz CT molecular complexity index is 1790. The first-order chi connectivity index (χ1) is 23.2. The number of ether oxygens (including phenoxy) is 1. The summed E-state index contributed by atoms with van der Waals surface area (Å²) in [4.78, 5) is 0. The van der Waals surface area contributed by atoms with E-state index in [4.69, 9.17) is 4.74 Å². The molecule has 0 amide bonds. The Labute approximate surface area is 290 Å². The van der Waals surface area contributed by atoms with Gasteiger partial charge in [0.2, 0.25) is 0 Å². The van der Waals surface area contributed by atoms with E-state index in [9.17, 15) is 0 Å². The van der Waals surface area contributed by atoms with Gasteiger partial charge in [-0.2, -0.15) is 0 Å². The van der Waals surface area contributed by atoms with Gasteiger partial charge in [0.05, 0.1) is 8.07 Å². The fraction of sp³-hybridized carbons (Fsp3) is 0.304. The summed E-state index contributed by atoms with van der Waals surface area (Å²) in [7, 11) is -2.26. The van der Waals surface area contributed by atoms with Crippen molar-refractivity contribution in [3.05, 3.63) is 143 Å². The summed E-state index contributed by atoms with van der Waals surface area (Å²) in [5, 5.41) is 1.39. The first-order valence-corrected chi connectivity index (χ1v) is 21.1. The predicted octanol–water partition coefficient (Wildman–Crippen LogP) is 12.2. The lowest BCUT2D eigenvalue weighted by Gasteiger charge is -2.34. The largest absolute Gasteiger partial charge is 0.489 e. The molecule has 0 fully saturated rings. The number of benzene rings is 5. The van der Waals surface area contributed by atoms with Crippen LogP contribution in [0.2, 0.25) is 13.1 Å². The quantitative estimate of drug-likeness (QED) is 0.0912.